The standard InChI is InChI=1S/C14H15BrN4O/c15-11-5-3-10(4-6-11)8-12-2-1-7-19(12)14(20)13-16-9-17-18-13/h3-6,9,12H,1-2,7-8H2,(H,16,17,18). The number of hydrogen-bond donors (Lipinski definition) is 1. The van der Waals surface area contributed by atoms with E-state index in [4.69, 9.17) is 0 Å². The van der Waals surface area contributed by atoms with Gasteiger partial charge in [0.2, 0.25) is 5.82 Å². The van der Waals surface area contributed by atoms with Crippen molar-refractivity contribution in [3.8, 4) is 0 Å². The van der Waals surface area contributed by atoms with Gasteiger partial charge in [-0.3, -0.25) is 9.89 Å². The number of hydrogen-bond acceptors (Lipinski definition) is 3. The van der Waals surface area contributed by atoms with Gasteiger partial charge in [0.05, 0.1) is 0 Å². The van der Waals surface area contributed by atoms with Crippen molar-refractivity contribution in [2.75, 3.05) is 6.54 Å². The minimum Gasteiger partial charge on any atom is -0.333 e. The van der Waals surface area contributed by atoms with Crippen molar-refractivity contribution in [1.29, 1.82) is 0 Å². The Morgan fingerprint density at radius 1 is 1.40 bits per heavy atom. The molecule has 1 fully saturated rings. The third kappa shape index (κ3) is 2.75. The highest BCUT2D eigenvalue weighted by Gasteiger charge is 2.30. The Morgan fingerprint density at radius 3 is 2.90 bits per heavy atom. The number of rotatable bonds is 3. The quantitative estimate of drug-likeness (QED) is 0.937. The van der Waals surface area contributed by atoms with Crippen LogP contribution in [0.15, 0.2) is 35.1 Å². The molecule has 3 rings (SSSR count). The Bertz CT molecular complexity index is 582. The van der Waals surface area contributed by atoms with E-state index in [0.717, 1.165) is 30.3 Å². The van der Waals surface area contributed by atoms with Gasteiger partial charge in [0, 0.05) is 17.1 Å². The second kappa shape index (κ2) is 5.75. The van der Waals surface area contributed by atoms with Crippen molar-refractivity contribution in [3.63, 3.8) is 0 Å². The summed E-state index contributed by atoms with van der Waals surface area (Å²) >= 11 is 3.44. The van der Waals surface area contributed by atoms with Gasteiger partial charge in [-0.15, -0.1) is 0 Å². The zero-order valence-corrected chi connectivity index (χ0v) is 12.5. The Kier molecular flexibility index (Phi) is 3.82. The minimum absolute atomic E-state index is 0.0536. The zero-order valence-electron chi connectivity index (χ0n) is 10.9. The van der Waals surface area contributed by atoms with Crippen LogP contribution in [0.25, 0.3) is 0 Å². The number of amides is 1. The lowest BCUT2D eigenvalue weighted by Gasteiger charge is -2.23. The molecule has 6 heteroatoms. The number of benzene rings is 1. The molecule has 0 spiro atoms. The van der Waals surface area contributed by atoms with E-state index >= 15 is 0 Å². The predicted octanol–water partition coefficient (Wildman–Crippen LogP) is 2.41. The van der Waals surface area contributed by atoms with E-state index in [1.807, 2.05) is 17.0 Å². The first-order valence-electron chi connectivity index (χ1n) is 6.65. The summed E-state index contributed by atoms with van der Waals surface area (Å²) in [7, 11) is 0. The molecule has 0 radical (unpaired) electrons. The summed E-state index contributed by atoms with van der Waals surface area (Å²) in [4.78, 5) is 18.2. The monoisotopic (exact) mass is 334 g/mol. The van der Waals surface area contributed by atoms with Gasteiger partial charge >= 0.3 is 0 Å². The number of aromatic amines is 1. The Labute approximate surface area is 125 Å². The van der Waals surface area contributed by atoms with E-state index in [1.165, 1.54) is 11.9 Å². The van der Waals surface area contributed by atoms with E-state index in [-0.39, 0.29) is 11.9 Å². The third-order valence-electron chi connectivity index (χ3n) is 3.64. The maximum Gasteiger partial charge on any atom is 0.291 e. The van der Waals surface area contributed by atoms with Gasteiger partial charge in [-0.2, -0.15) is 5.10 Å². The highest BCUT2D eigenvalue weighted by Crippen LogP contribution is 2.23. The molecule has 2 aromatic rings. The van der Waals surface area contributed by atoms with Gasteiger partial charge in [-0.25, -0.2) is 4.98 Å². The van der Waals surface area contributed by atoms with Crippen molar-refractivity contribution < 1.29 is 4.79 Å². The van der Waals surface area contributed by atoms with Crippen LogP contribution in [0.3, 0.4) is 0 Å². The highest BCUT2D eigenvalue weighted by atomic mass is 79.9. The molecule has 1 aromatic heterocycles. The number of aromatic nitrogens is 3. The second-order valence-electron chi connectivity index (χ2n) is 4.96. The smallest absolute Gasteiger partial charge is 0.291 e. The average molecular weight is 335 g/mol. The van der Waals surface area contributed by atoms with Gasteiger partial charge in [0.1, 0.15) is 6.33 Å². The molecule has 1 atom stereocenters. The summed E-state index contributed by atoms with van der Waals surface area (Å²) in [6, 6.07) is 8.51. The third-order valence-corrected chi connectivity index (χ3v) is 4.17. The first kappa shape index (κ1) is 13.3. The van der Waals surface area contributed by atoms with Gasteiger partial charge in [-0.1, -0.05) is 28.1 Å². The molecule has 2 heterocycles. The number of H-pyrrole nitrogens is 1. The summed E-state index contributed by atoms with van der Waals surface area (Å²) in [5.74, 6) is 0.273. The molecule has 1 aliphatic rings. The largest absolute Gasteiger partial charge is 0.333 e. The van der Waals surface area contributed by atoms with Crippen LogP contribution in [0.2, 0.25) is 0 Å². The lowest BCUT2D eigenvalue weighted by Crippen LogP contribution is -2.37. The summed E-state index contributed by atoms with van der Waals surface area (Å²) in [5.41, 5.74) is 1.25. The number of nitrogens with zero attached hydrogens (tertiary/aromatic N) is 3. The number of likely N-dealkylation sites (tertiary alicyclic amines) is 1. The molecule has 1 unspecified atom stereocenters. The maximum atomic E-state index is 12.3. The summed E-state index contributed by atoms with van der Waals surface area (Å²) in [6.07, 6.45) is 4.33. The van der Waals surface area contributed by atoms with E-state index < -0.39 is 0 Å². The average Bonchev–Trinajstić information content (AvgIpc) is 3.12. The fourth-order valence-electron chi connectivity index (χ4n) is 2.65. The van der Waals surface area contributed by atoms with Gasteiger partial charge in [-0.05, 0) is 37.0 Å². The molecule has 0 saturated carbocycles. The van der Waals surface area contributed by atoms with E-state index in [2.05, 4.69) is 43.2 Å². The topological polar surface area (TPSA) is 61.9 Å². The Hall–Kier alpha value is -1.69. The molecule has 1 saturated heterocycles. The molecule has 0 aliphatic carbocycles. The van der Waals surface area contributed by atoms with Crippen molar-refractivity contribution in [2.24, 2.45) is 0 Å². The van der Waals surface area contributed by atoms with Crippen LogP contribution in [0.4, 0.5) is 0 Å². The van der Waals surface area contributed by atoms with E-state index in [9.17, 15) is 4.79 Å². The van der Waals surface area contributed by atoms with E-state index in [1.54, 1.807) is 0 Å². The molecule has 1 amide bonds. The SMILES string of the molecule is O=C(c1ncn[nH]1)N1CCCC1Cc1ccc(Br)cc1. The summed E-state index contributed by atoms with van der Waals surface area (Å²) in [6.45, 7) is 0.792. The Morgan fingerprint density at radius 2 is 2.20 bits per heavy atom. The van der Waals surface area contributed by atoms with Crippen LogP contribution in [-0.4, -0.2) is 38.6 Å². The molecular weight excluding hydrogens is 320 g/mol. The number of halogens is 1. The minimum atomic E-state index is -0.0536. The predicted molar refractivity (Wildman–Crippen MR) is 78.3 cm³/mol. The normalized spacial score (nSPS) is 18.4. The zero-order chi connectivity index (χ0) is 13.9. The molecule has 104 valence electrons. The van der Waals surface area contributed by atoms with Crippen molar-refractivity contribution in [2.45, 2.75) is 25.3 Å². The first-order valence-corrected chi connectivity index (χ1v) is 7.44. The lowest BCUT2D eigenvalue weighted by atomic mass is 10.0. The molecule has 1 aromatic carbocycles. The summed E-state index contributed by atoms with van der Waals surface area (Å²) in [5, 5.41) is 6.39. The van der Waals surface area contributed by atoms with Crippen LogP contribution in [0, 0.1) is 0 Å². The number of carbonyl (C=O) groups is 1. The Balaban J connectivity index is 1.72. The molecule has 5 nitrogen and oxygen atoms in total. The molecule has 20 heavy (non-hydrogen) atoms. The number of carbonyl (C=O) groups excluding carboxylic acids is 1. The second-order valence-corrected chi connectivity index (χ2v) is 5.87. The lowest BCUT2D eigenvalue weighted by molar-refractivity contribution is 0.0724. The molecule has 1 N–H and O–H groups in total. The van der Waals surface area contributed by atoms with Crippen molar-refractivity contribution in [1.82, 2.24) is 20.1 Å². The highest BCUT2D eigenvalue weighted by molar-refractivity contribution is 9.10. The number of nitrogens with one attached hydrogen (secondary N) is 1. The molecule has 1 aliphatic heterocycles. The molecular formula is C14H15BrN4O. The van der Waals surface area contributed by atoms with Gasteiger partial charge in [0.25, 0.3) is 5.91 Å². The first-order chi connectivity index (χ1) is 9.74. The van der Waals surface area contributed by atoms with Crippen LogP contribution in [0.1, 0.15) is 29.0 Å². The van der Waals surface area contributed by atoms with Crippen molar-refractivity contribution in [3.05, 3.63) is 46.5 Å². The maximum absolute atomic E-state index is 12.3. The fourth-order valence-corrected chi connectivity index (χ4v) is 2.92. The van der Waals surface area contributed by atoms with Crippen LogP contribution in [-0.2, 0) is 6.42 Å². The van der Waals surface area contributed by atoms with E-state index in [0.29, 0.717) is 5.82 Å². The van der Waals surface area contributed by atoms with Crippen LogP contribution in [0.5, 0.6) is 0 Å². The summed E-state index contributed by atoms with van der Waals surface area (Å²) < 4.78 is 1.07. The van der Waals surface area contributed by atoms with Gasteiger partial charge in [0.15, 0.2) is 0 Å². The fraction of sp³-hybridized carbons (Fsp3) is 0.357. The van der Waals surface area contributed by atoms with Gasteiger partial charge < -0.3 is 4.90 Å². The molecule has 0 bridgehead atoms. The van der Waals surface area contributed by atoms with Crippen LogP contribution >= 0.6 is 15.9 Å². The van der Waals surface area contributed by atoms with Crippen LogP contribution < -0.4 is 0 Å². The van der Waals surface area contributed by atoms with Crippen molar-refractivity contribution >= 4 is 21.8 Å².